The fourth-order valence-electron chi connectivity index (χ4n) is 2.29. The van der Waals surface area contributed by atoms with Crippen molar-refractivity contribution in [3.63, 3.8) is 0 Å². The topological polar surface area (TPSA) is 31.2 Å². The number of ether oxygens (including phenoxy) is 1. The first kappa shape index (κ1) is 15.9. The van der Waals surface area contributed by atoms with Crippen molar-refractivity contribution in [2.75, 3.05) is 6.61 Å². The largest absolute Gasteiger partial charge is 0.485 e. The number of aromatic nitrogens is 1. The molecule has 0 amide bonds. The maximum atomic E-state index is 13.1. The third-order valence-electron chi connectivity index (χ3n) is 3.45. The summed E-state index contributed by atoms with van der Waals surface area (Å²) in [5, 5.41) is 0. The summed E-state index contributed by atoms with van der Waals surface area (Å²) < 4.78 is 33.1. The molecule has 0 atom stereocenters. The number of hydrogen-bond acceptors (Lipinski definition) is 2. The number of aryl methyl sites for hydroxylation is 1. The van der Waals surface area contributed by atoms with Crippen LogP contribution in [0.4, 0.5) is 8.78 Å². The highest BCUT2D eigenvalue weighted by Crippen LogP contribution is 2.18. The lowest BCUT2D eigenvalue weighted by Crippen LogP contribution is -2.13. The van der Waals surface area contributed by atoms with Crippen LogP contribution in [0.25, 0.3) is 0 Å². The van der Waals surface area contributed by atoms with Crippen LogP contribution in [-0.4, -0.2) is 17.0 Å². The lowest BCUT2D eigenvalue weighted by molar-refractivity contribution is 0.0920. The molecule has 116 valence electrons. The Morgan fingerprint density at radius 2 is 2.00 bits per heavy atom. The van der Waals surface area contributed by atoms with E-state index >= 15 is 0 Å². The van der Waals surface area contributed by atoms with E-state index in [2.05, 4.69) is 6.58 Å². The molecule has 1 heterocycles. The summed E-state index contributed by atoms with van der Waals surface area (Å²) in [6.45, 7) is 7.83. The number of nitrogens with zero attached hydrogens (tertiary/aromatic N) is 1. The number of halogens is 2. The summed E-state index contributed by atoms with van der Waals surface area (Å²) in [4.78, 5) is 12.2. The van der Waals surface area contributed by atoms with Crippen molar-refractivity contribution >= 4 is 5.78 Å². The third kappa shape index (κ3) is 3.24. The van der Waals surface area contributed by atoms with Crippen molar-refractivity contribution in [2.24, 2.45) is 0 Å². The summed E-state index contributed by atoms with van der Waals surface area (Å²) in [5.74, 6) is -2.05. The van der Waals surface area contributed by atoms with Gasteiger partial charge in [-0.25, -0.2) is 8.78 Å². The number of benzene rings is 1. The summed E-state index contributed by atoms with van der Waals surface area (Å²) >= 11 is 0. The molecule has 0 aliphatic rings. The smallest absolute Gasteiger partial charge is 0.202 e. The van der Waals surface area contributed by atoms with Crippen molar-refractivity contribution < 1.29 is 18.3 Å². The molecule has 3 nitrogen and oxygen atoms in total. The van der Waals surface area contributed by atoms with E-state index in [0.29, 0.717) is 12.1 Å². The van der Waals surface area contributed by atoms with Crippen LogP contribution in [0.15, 0.2) is 36.9 Å². The molecule has 0 aliphatic heterocycles. The highest BCUT2D eigenvalue weighted by atomic mass is 19.2. The fourth-order valence-corrected chi connectivity index (χ4v) is 2.29. The highest BCUT2D eigenvalue weighted by molar-refractivity contribution is 5.98. The molecule has 0 unspecified atom stereocenters. The van der Waals surface area contributed by atoms with Crippen LogP contribution in [0.3, 0.4) is 0 Å². The Hall–Kier alpha value is -2.43. The number of hydrogen-bond donors (Lipinski definition) is 0. The summed E-state index contributed by atoms with van der Waals surface area (Å²) in [6.07, 6.45) is 1.76. The van der Waals surface area contributed by atoms with Gasteiger partial charge < -0.3 is 9.30 Å². The lowest BCUT2D eigenvalue weighted by atomic mass is 10.1. The average Bonchev–Trinajstić information content (AvgIpc) is 2.77. The SMILES string of the molecule is C=CCn1c(C)cc(C(=O)COc2ccc(F)c(F)c2)c1C. The molecule has 5 heteroatoms. The Labute approximate surface area is 127 Å². The van der Waals surface area contributed by atoms with Gasteiger partial charge in [-0.2, -0.15) is 0 Å². The number of rotatable bonds is 6. The second-order valence-corrected chi connectivity index (χ2v) is 4.97. The van der Waals surface area contributed by atoms with Crippen LogP contribution < -0.4 is 4.74 Å². The molecule has 0 bridgehead atoms. The zero-order valence-electron chi connectivity index (χ0n) is 12.5. The van der Waals surface area contributed by atoms with E-state index in [1.54, 1.807) is 12.1 Å². The van der Waals surface area contributed by atoms with E-state index in [1.165, 1.54) is 6.07 Å². The molecule has 0 saturated heterocycles. The first-order valence-electron chi connectivity index (χ1n) is 6.82. The van der Waals surface area contributed by atoms with Crippen molar-refractivity contribution in [3.05, 3.63) is 65.5 Å². The second kappa shape index (κ2) is 6.56. The maximum absolute atomic E-state index is 13.1. The van der Waals surface area contributed by atoms with Gasteiger partial charge in [-0.15, -0.1) is 6.58 Å². The van der Waals surface area contributed by atoms with Crippen molar-refractivity contribution in [3.8, 4) is 5.75 Å². The Bertz CT molecular complexity index is 720. The predicted molar refractivity (Wildman–Crippen MR) is 80.3 cm³/mol. The van der Waals surface area contributed by atoms with E-state index in [9.17, 15) is 13.6 Å². The molecule has 1 aromatic carbocycles. The van der Waals surface area contributed by atoms with Gasteiger partial charge in [0.1, 0.15) is 5.75 Å². The monoisotopic (exact) mass is 305 g/mol. The molecule has 0 aliphatic carbocycles. The molecular formula is C17H17F2NO2. The van der Waals surface area contributed by atoms with Crippen LogP contribution in [-0.2, 0) is 6.54 Å². The quantitative estimate of drug-likeness (QED) is 0.600. The second-order valence-electron chi connectivity index (χ2n) is 4.97. The number of ketones is 1. The number of carbonyl (C=O) groups is 1. The van der Waals surface area contributed by atoms with Gasteiger partial charge in [0.15, 0.2) is 18.2 Å². The maximum Gasteiger partial charge on any atom is 0.202 e. The number of Topliss-reactive ketones (excluding diaryl/α,β-unsaturated/α-hetero) is 1. The van der Waals surface area contributed by atoms with Gasteiger partial charge in [-0.1, -0.05) is 6.08 Å². The number of allylic oxidation sites excluding steroid dienone is 1. The van der Waals surface area contributed by atoms with Gasteiger partial charge in [0.2, 0.25) is 5.78 Å². The molecule has 0 N–H and O–H groups in total. The van der Waals surface area contributed by atoms with E-state index in [4.69, 9.17) is 4.74 Å². The lowest BCUT2D eigenvalue weighted by Gasteiger charge is -2.07. The molecule has 0 spiro atoms. The summed E-state index contributed by atoms with van der Waals surface area (Å²) in [5.41, 5.74) is 2.34. The van der Waals surface area contributed by atoms with Crippen molar-refractivity contribution in [2.45, 2.75) is 20.4 Å². The molecule has 2 rings (SSSR count). The van der Waals surface area contributed by atoms with Crippen LogP contribution in [0.5, 0.6) is 5.75 Å². The molecule has 2 aromatic rings. The molecule has 0 fully saturated rings. The predicted octanol–water partition coefficient (Wildman–Crippen LogP) is 3.83. The molecule has 22 heavy (non-hydrogen) atoms. The van der Waals surface area contributed by atoms with Crippen molar-refractivity contribution in [1.82, 2.24) is 4.57 Å². The Balaban J connectivity index is 2.11. The summed E-state index contributed by atoms with van der Waals surface area (Å²) in [6, 6.07) is 4.96. The van der Waals surface area contributed by atoms with Gasteiger partial charge >= 0.3 is 0 Å². The van der Waals surface area contributed by atoms with Crippen LogP contribution in [0.1, 0.15) is 21.7 Å². The van der Waals surface area contributed by atoms with Gasteiger partial charge in [0.25, 0.3) is 0 Å². The normalized spacial score (nSPS) is 10.5. The fraction of sp³-hybridized carbons (Fsp3) is 0.235. The van der Waals surface area contributed by atoms with Gasteiger partial charge in [-0.3, -0.25) is 4.79 Å². The Morgan fingerprint density at radius 1 is 1.27 bits per heavy atom. The first-order chi connectivity index (χ1) is 10.4. The minimum atomic E-state index is -1.01. The van der Waals surface area contributed by atoms with Crippen LogP contribution >= 0.6 is 0 Å². The molecular weight excluding hydrogens is 288 g/mol. The Kier molecular flexibility index (Phi) is 4.75. The van der Waals surface area contributed by atoms with Gasteiger partial charge in [0.05, 0.1) is 0 Å². The van der Waals surface area contributed by atoms with E-state index in [-0.39, 0.29) is 18.1 Å². The first-order valence-corrected chi connectivity index (χ1v) is 6.82. The van der Waals surface area contributed by atoms with Crippen LogP contribution in [0, 0.1) is 25.5 Å². The van der Waals surface area contributed by atoms with E-state index in [1.807, 2.05) is 18.4 Å². The summed E-state index contributed by atoms with van der Waals surface area (Å²) in [7, 11) is 0. The number of carbonyl (C=O) groups excluding carboxylic acids is 1. The van der Waals surface area contributed by atoms with E-state index < -0.39 is 11.6 Å². The van der Waals surface area contributed by atoms with Gasteiger partial charge in [0, 0.05) is 29.6 Å². The molecule has 0 radical (unpaired) electrons. The average molecular weight is 305 g/mol. The molecule has 0 saturated carbocycles. The minimum Gasteiger partial charge on any atom is -0.485 e. The van der Waals surface area contributed by atoms with Gasteiger partial charge in [-0.05, 0) is 32.0 Å². The van der Waals surface area contributed by atoms with E-state index in [0.717, 1.165) is 23.5 Å². The zero-order valence-corrected chi connectivity index (χ0v) is 12.5. The highest BCUT2D eigenvalue weighted by Gasteiger charge is 2.16. The molecule has 1 aromatic heterocycles. The minimum absolute atomic E-state index is 0.118. The third-order valence-corrected chi connectivity index (χ3v) is 3.45. The standard InChI is InChI=1S/C17H17F2NO2/c1-4-7-20-11(2)8-14(12(20)3)17(21)10-22-13-5-6-15(18)16(19)9-13/h4-6,8-9H,1,7,10H2,2-3H3. The van der Waals surface area contributed by atoms with Crippen LogP contribution in [0.2, 0.25) is 0 Å². The zero-order chi connectivity index (χ0) is 16.3. The van der Waals surface area contributed by atoms with Crippen molar-refractivity contribution in [1.29, 1.82) is 0 Å². The Morgan fingerprint density at radius 3 is 2.64 bits per heavy atom.